The minimum atomic E-state index is -0.355. The summed E-state index contributed by atoms with van der Waals surface area (Å²) >= 11 is 0. The number of hydrogen-bond acceptors (Lipinski definition) is 5. The normalized spacial score (nSPS) is 14.2. The van der Waals surface area contributed by atoms with Gasteiger partial charge >= 0.3 is 0 Å². The van der Waals surface area contributed by atoms with Crippen molar-refractivity contribution in [1.29, 1.82) is 0 Å². The maximum atomic E-state index is 6.91. The lowest BCUT2D eigenvalue weighted by Gasteiger charge is -2.23. The van der Waals surface area contributed by atoms with Crippen molar-refractivity contribution in [3.8, 4) is 27.9 Å². The molecule has 6 nitrogen and oxygen atoms in total. The molecule has 4 heterocycles. The molecule has 0 spiro atoms. The van der Waals surface area contributed by atoms with Crippen LogP contribution in [0.25, 0.3) is 93.6 Å². The van der Waals surface area contributed by atoms with Gasteiger partial charge in [-0.2, -0.15) is 0 Å². The van der Waals surface area contributed by atoms with Gasteiger partial charge in [0, 0.05) is 54.7 Å². The fourth-order valence-electron chi connectivity index (χ4n) is 9.51. The molecule has 296 valence electrons. The molecule has 63 heavy (non-hydrogen) atoms. The summed E-state index contributed by atoms with van der Waals surface area (Å²) < 4.78 is 15.6. The van der Waals surface area contributed by atoms with Gasteiger partial charge in [0.2, 0.25) is 0 Å². The number of aromatic nitrogens is 1. The molecule has 3 aromatic heterocycles. The molecule has 6 heteroatoms. The van der Waals surface area contributed by atoms with E-state index in [1.165, 1.54) is 27.4 Å². The average molecular weight is 809 g/mol. The zero-order valence-corrected chi connectivity index (χ0v) is 33.9. The van der Waals surface area contributed by atoms with Crippen LogP contribution in [0, 0.1) is 0 Å². The van der Waals surface area contributed by atoms with Crippen LogP contribution >= 0.6 is 0 Å². The number of furan rings is 2. The molecule has 0 saturated heterocycles. The summed E-state index contributed by atoms with van der Waals surface area (Å²) in [5.74, 6) is 1.36. The Labute approximate surface area is 361 Å². The monoisotopic (exact) mass is 808 g/mol. The minimum Gasteiger partial charge on any atom is -0.456 e. The van der Waals surface area contributed by atoms with Gasteiger partial charge in [0.05, 0.1) is 11.0 Å². The lowest BCUT2D eigenvalue weighted by Crippen LogP contribution is -2.33. The molecule has 13 rings (SSSR count). The van der Waals surface area contributed by atoms with Crippen LogP contribution in [0.15, 0.2) is 225 Å². The molecule has 0 bridgehead atoms. The van der Waals surface area contributed by atoms with E-state index in [-0.39, 0.29) is 6.17 Å². The highest BCUT2D eigenvalue weighted by Gasteiger charge is 2.25. The number of nitrogens with zero attached hydrogens (tertiary/aromatic N) is 3. The fourth-order valence-corrected chi connectivity index (χ4v) is 9.51. The molecule has 12 aromatic rings. The maximum Gasteiger partial charge on any atom is 0.160 e. The quantitative estimate of drug-likeness (QED) is 0.182. The zero-order valence-electron chi connectivity index (χ0n) is 33.9. The maximum absolute atomic E-state index is 6.91. The molecule has 1 aliphatic heterocycles. The SMILES string of the molecule is c1ccc(-c2ccc3c(c2)c2ccc(-c4cccc5c4oc4cc(C6=NC(c7cccc8oc9ccccc9c78)=NC(c7ccccc7)N6)ccc45)cc2n3-c2ccccc2)cc1. The van der Waals surface area contributed by atoms with E-state index in [4.69, 9.17) is 18.8 Å². The van der Waals surface area contributed by atoms with Crippen molar-refractivity contribution in [2.45, 2.75) is 6.17 Å². The first-order chi connectivity index (χ1) is 31.2. The van der Waals surface area contributed by atoms with Gasteiger partial charge in [-0.3, -0.25) is 0 Å². The summed E-state index contributed by atoms with van der Waals surface area (Å²) in [5, 5.41) is 10.2. The first kappa shape index (κ1) is 35.3. The van der Waals surface area contributed by atoms with Gasteiger partial charge in [0.15, 0.2) is 5.84 Å². The second-order valence-electron chi connectivity index (χ2n) is 16.1. The van der Waals surface area contributed by atoms with Crippen LogP contribution in [0.1, 0.15) is 22.9 Å². The first-order valence-corrected chi connectivity index (χ1v) is 21.3. The summed E-state index contributed by atoms with van der Waals surface area (Å²) in [6.45, 7) is 0. The van der Waals surface area contributed by atoms with Crippen molar-refractivity contribution in [3.05, 3.63) is 223 Å². The van der Waals surface area contributed by atoms with E-state index in [1.807, 2.05) is 48.5 Å². The van der Waals surface area contributed by atoms with E-state index in [1.54, 1.807) is 0 Å². The Kier molecular flexibility index (Phi) is 7.87. The number of amidine groups is 2. The third kappa shape index (κ3) is 5.73. The molecule has 0 aliphatic carbocycles. The van der Waals surface area contributed by atoms with E-state index < -0.39 is 0 Å². The Morgan fingerprint density at radius 3 is 2.00 bits per heavy atom. The summed E-state index contributed by atoms with van der Waals surface area (Å²) in [4.78, 5) is 10.4. The molecule has 1 atom stereocenters. The molecular weight excluding hydrogens is 773 g/mol. The standard InChI is InChI=1S/C57H36N4O2/c1-4-14-35(15-5-1)37-28-31-48-47(32-37)42-29-26-38(33-49(42)61(48)40-18-8-3-9-19-40)41-21-12-22-44-43-30-27-39(34-52(43)63-54(41)44)56-58-55(36-16-6-2-7-17-36)59-57(60-56)46-23-13-25-51-53(46)45-20-10-11-24-50(45)62-51/h1-34,55H,(H,58,59,60). The Hall–Kier alpha value is -8.48. The largest absolute Gasteiger partial charge is 0.456 e. The molecule has 0 fully saturated rings. The summed E-state index contributed by atoms with van der Waals surface area (Å²) in [7, 11) is 0. The average Bonchev–Trinajstić information content (AvgIpc) is 4.03. The van der Waals surface area contributed by atoms with E-state index in [0.29, 0.717) is 5.84 Å². The number of fused-ring (bicyclic) bond motifs is 9. The van der Waals surface area contributed by atoms with Gasteiger partial charge in [-0.1, -0.05) is 152 Å². The van der Waals surface area contributed by atoms with Crippen LogP contribution in [0.4, 0.5) is 0 Å². The topological polar surface area (TPSA) is 68.0 Å². The second-order valence-corrected chi connectivity index (χ2v) is 16.1. The third-order valence-corrected chi connectivity index (χ3v) is 12.5. The number of hydrogen-bond donors (Lipinski definition) is 1. The molecule has 1 aliphatic rings. The molecule has 9 aromatic carbocycles. The summed E-state index contributed by atoms with van der Waals surface area (Å²) in [5.41, 5.74) is 14.1. The molecule has 0 saturated carbocycles. The van der Waals surface area contributed by atoms with E-state index >= 15 is 0 Å². The van der Waals surface area contributed by atoms with Gasteiger partial charge in [-0.25, -0.2) is 9.98 Å². The first-order valence-electron chi connectivity index (χ1n) is 21.3. The fraction of sp³-hybridized carbons (Fsp3) is 0.0175. The minimum absolute atomic E-state index is 0.355. The van der Waals surface area contributed by atoms with Crippen LogP contribution in [-0.2, 0) is 0 Å². The number of para-hydroxylation sites is 3. The second kappa shape index (κ2) is 14.0. The highest BCUT2D eigenvalue weighted by atomic mass is 16.3. The highest BCUT2D eigenvalue weighted by molar-refractivity contribution is 6.22. The Morgan fingerprint density at radius 2 is 1.13 bits per heavy atom. The summed E-state index contributed by atoms with van der Waals surface area (Å²) in [6, 6.07) is 72.2. The van der Waals surface area contributed by atoms with E-state index in [2.05, 4.69) is 168 Å². The highest BCUT2D eigenvalue weighted by Crippen LogP contribution is 2.41. The van der Waals surface area contributed by atoms with Crippen molar-refractivity contribution in [1.82, 2.24) is 9.88 Å². The van der Waals surface area contributed by atoms with Gasteiger partial charge in [-0.05, 0) is 76.9 Å². The van der Waals surface area contributed by atoms with Gasteiger partial charge in [0.25, 0.3) is 0 Å². The third-order valence-electron chi connectivity index (χ3n) is 12.5. The van der Waals surface area contributed by atoms with Gasteiger partial charge in [-0.15, -0.1) is 0 Å². The lowest BCUT2D eigenvalue weighted by molar-refractivity contribution is 0.667. The van der Waals surface area contributed by atoms with Crippen LogP contribution in [0.3, 0.4) is 0 Å². The number of nitrogens with one attached hydrogen (secondary N) is 1. The van der Waals surface area contributed by atoms with Crippen LogP contribution in [0.2, 0.25) is 0 Å². The Balaban J connectivity index is 0.944. The van der Waals surface area contributed by atoms with Crippen molar-refractivity contribution in [3.63, 3.8) is 0 Å². The molecule has 0 radical (unpaired) electrons. The van der Waals surface area contributed by atoms with E-state index in [9.17, 15) is 0 Å². The van der Waals surface area contributed by atoms with Crippen LogP contribution in [-0.4, -0.2) is 16.2 Å². The Morgan fingerprint density at radius 1 is 0.429 bits per heavy atom. The van der Waals surface area contributed by atoms with Crippen LogP contribution in [0.5, 0.6) is 0 Å². The smallest absolute Gasteiger partial charge is 0.160 e. The predicted octanol–water partition coefficient (Wildman–Crippen LogP) is 14.4. The number of benzene rings is 9. The van der Waals surface area contributed by atoms with Gasteiger partial charge < -0.3 is 18.7 Å². The van der Waals surface area contributed by atoms with Crippen molar-refractivity contribution in [2.75, 3.05) is 0 Å². The Bertz CT molecular complexity index is 3820. The predicted molar refractivity (Wildman–Crippen MR) is 258 cm³/mol. The zero-order chi connectivity index (χ0) is 41.4. The molecule has 0 amide bonds. The van der Waals surface area contributed by atoms with Crippen molar-refractivity contribution < 1.29 is 8.83 Å². The van der Waals surface area contributed by atoms with Crippen molar-refractivity contribution in [2.24, 2.45) is 9.98 Å². The van der Waals surface area contributed by atoms with Gasteiger partial charge in [0.1, 0.15) is 34.3 Å². The van der Waals surface area contributed by atoms with Crippen molar-refractivity contribution >= 4 is 77.4 Å². The number of aliphatic imine (C=N–C) groups is 2. The molecular formula is C57H36N4O2. The van der Waals surface area contributed by atoms with E-state index in [0.717, 1.165) is 88.7 Å². The molecule has 1 N–H and O–H groups in total. The summed E-state index contributed by atoms with van der Waals surface area (Å²) in [6.07, 6.45) is -0.355. The molecule has 1 unspecified atom stereocenters. The lowest BCUT2D eigenvalue weighted by atomic mass is 9.99. The number of rotatable bonds is 6. The van der Waals surface area contributed by atoms with Crippen LogP contribution < -0.4 is 5.32 Å².